The van der Waals surface area contributed by atoms with E-state index < -0.39 is 10.0 Å². The van der Waals surface area contributed by atoms with E-state index >= 15 is 0 Å². The van der Waals surface area contributed by atoms with E-state index in [1.807, 2.05) is 5.38 Å². The molecular formula is C15H26N2O2S2. The molecule has 0 amide bonds. The zero-order chi connectivity index (χ0) is 15.6. The van der Waals surface area contributed by atoms with Crippen LogP contribution < -0.4 is 10.0 Å². The predicted octanol–water partition coefficient (Wildman–Crippen LogP) is 2.96. The Morgan fingerprint density at radius 1 is 1.33 bits per heavy atom. The summed E-state index contributed by atoms with van der Waals surface area (Å²) in [7, 11) is -3.41. The second kappa shape index (κ2) is 6.77. The van der Waals surface area contributed by atoms with Crippen molar-refractivity contribution in [3.05, 3.63) is 16.3 Å². The van der Waals surface area contributed by atoms with Crippen molar-refractivity contribution in [2.75, 3.05) is 0 Å². The highest BCUT2D eigenvalue weighted by Crippen LogP contribution is 2.32. The molecule has 4 nitrogen and oxygen atoms in total. The third kappa shape index (κ3) is 4.06. The Hall–Kier alpha value is -0.430. The van der Waals surface area contributed by atoms with Crippen molar-refractivity contribution in [3.8, 4) is 0 Å². The molecule has 0 aromatic carbocycles. The minimum atomic E-state index is -3.41. The summed E-state index contributed by atoms with van der Waals surface area (Å²) in [5.74, 6) is 0.984. The second-order valence-corrected chi connectivity index (χ2v) is 9.07. The molecule has 2 N–H and O–H groups in total. The minimum absolute atomic E-state index is 0.0656. The molecule has 1 heterocycles. The van der Waals surface area contributed by atoms with Gasteiger partial charge in [0.05, 0.1) is 4.90 Å². The first-order valence-corrected chi connectivity index (χ1v) is 9.99. The van der Waals surface area contributed by atoms with E-state index in [1.54, 1.807) is 6.07 Å². The van der Waals surface area contributed by atoms with Crippen LogP contribution in [0, 0.1) is 11.8 Å². The lowest BCUT2D eigenvalue weighted by molar-refractivity contribution is 0.402. The first-order chi connectivity index (χ1) is 9.81. The highest BCUT2D eigenvalue weighted by atomic mass is 32.2. The average Bonchev–Trinajstić information content (AvgIpc) is 2.99. The van der Waals surface area contributed by atoms with Gasteiger partial charge in [0.25, 0.3) is 0 Å². The van der Waals surface area contributed by atoms with Crippen LogP contribution >= 0.6 is 11.3 Å². The second-order valence-electron chi connectivity index (χ2n) is 6.39. The molecule has 1 aromatic heterocycles. The van der Waals surface area contributed by atoms with Crippen LogP contribution in [0.1, 0.15) is 45.4 Å². The maximum Gasteiger partial charge on any atom is 0.241 e. The average molecular weight is 331 g/mol. The smallest absolute Gasteiger partial charge is 0.241 e. The number of thiophene rings is 1. The molecule has 6 heteroatoms. The Morgan fingerprint density at radius 3 is 2.62 bits per heavy atom. The van der Waals surface area contributed by atoms with Gasteiger partial charge in [0.1, 0.15) is 0 Å². The third-order valence-corrected chi connectivity index (χ3v) is 7.06. The van der Waals surface area contributed by atoms with Gasteiger partial charge in [-0.25, -0.2) is 13.1 Å². The molecule has 1 fully saturated rings. The van der Waals surface area contributed by atoms with E-state index in [9.17, 15) is 8.42 Å². The molecule has 1 aliphatic carbocycles. The quantitative estimate of drug-likeness (QED) is 0.843. The van der Waals surface area contributed by atoms with Gasteiger partial charge in [0.15, 0.2) is 0 Å². The van der Waals surface area contributed by atoms with Crippen LogP contribution in [0.3, 0.4) is 0 Å². The van der Waals surface area contributed by atoms with Gasteiger partial charge in [-0.3, -0.25) is 0 Å². The van der Waals surface area contributed by atoms with E-state index in [0.717, 1.165) is 17.7 Å². The van der Waals surface area contributed by atoms with Crippen molar-refractivity contribution < 1.29 is 8.42 Å². The molecule has 3 atom stereocenters. The summed E-state index contributed by atoms with van der Waals surface area (Å²) in [6.45, 7) is 9.05. The van der Waals surface area contributed by atoms with Gasteiger partial charge < -0.3 is 5.32 Å². The Balaban J connectivity index is 2.11. The number of rotatable bonds is 6. The Bertz CT molecular complexity index is 566. The molecule has 0 bridgehead atoms. The van der Waals surface area contributed by atoms with E-state index in [4.69, 9.17) is 0 Å². The van der Waals surface area contributed by atoms with Gasteiger partial charge in [0.2, 0.25) is 10.0 Å². The maximum absolute atomic E-state index is 12.6. The van der Waals surface area contributed by atoms with E-state index in [-0.39, 0.29) is 6.04 Å². The highest BCUT2D eigenvalue weighted by molar-refractivity contribution is 7.89. The molecule has 2 rings (SSSR count). The fraction of sp³-hybridized carbons (Fsp3) is 0.733. The van der Waals surface area contributed by atoms with Gasteiger partial charge in [-0.1, -0.05) is 27.7 Å². The van der Waals surface area contributed by atoms with Crippen molar-refractivity contribution >= 4 is 21.4 Å². The summed E-state index contributed by atoms with van der Waals surface area (Å²) in [5, 5.41) is 5.14. The molecular weight excluding hydrogens is 304 g/mol. The standard InChI is InChI=1S/C15H26N2O2S2/c1-10(2)16-9-14-15(7-8-20-14)21(18,19)17-13-6-5-11(3)12(13)4/h7-8,10-13,16-17H,5-6,9H2,1-4H3. The first-order valence-electron chi connectivity index (χ1n) is 7.63. The summed E-state index contributed by atoms with van der Waals surface area (Å²) in [4.78, 5) is 1.32. The van der Waals surface area contributed by atoms with Crippen molar-refractivity contribution in [3.63, 3.8) is 0 Å². The zero-order valence-corrected chi connectivity index (χ0v) is 14.9. The lowest BCUT2D eigenvalue weighted by atomic mass is 9.98. The van der Waals surface area contributed by atoms with Crippen LogP contribution in [0.5, 0.6) is 0 Å². The summed E-state index contributed by atoms with van der Waals surface area (Å²) in [6.07, 6.45) is 2.03. The first kappa shape index (κ1) is 16.9. The molecule has 1 aromatic rings. The highest BCUT2D eigenvalue weighted by Gasteiger charge is 2.33. The topological polar surface area (TPSA) is 58.2 Å². The monoisotopic (exact) mass is 330 g/mol. The van der Waals surface area contributed by atoms with Crippen molar-refractivity contribution in [2.24, 2.45) is 11.8 Å². The number of nitrogens with one attached hydrogen (secondary N) is 2. The maximum atomic E-state index is 12.6. The van der Waals surface area contributed by atoms with Gasteiger partial charge in [-0.15, -0.1) is 11.3 Å². The summed E-state index contributed by atoms with van der Waals surface area (Å²) < 4.78 is 28.2. The molecule has 1 aliphatic rings. The molecule has 0 saturated heterocycles. The van der Waals surface area contributed by atoms with Crippen LogP contribution in [0.2, 0.25) is 0 Å². The van der Waals surface area contributed by atoms with Crippen molar-refractivity contribution in [2.45, 2.75) is 64.1 Å². The van der Waals surface area contributed by atoms with Crippen molar-refractivity contribution in [1.82, 2.24) is 10.0 Å². The third-order valence-electron chi connectivity index (χ3n) is 4.44. The molecule has 21 heavy (non-hydrogen) atoms. The van der Waals surface area contributed by atoms with Crippen LogP contribution in [0.25, 0.3) is 0 Å². The van der Waals surface area contributed by atoms with E-state index in [1.165, 1.54) is 11.3 Å². The Labute approximate surface area is 132 Å². The Kier molecular flexibility index (Phi) is 5.46. The minimum Gasteiger partial charge on any atom is -0.310 e. The fourth-order valence-corrected chi connectivity index (χ4v) is 5.54. The largest absolute Gasteiger partial charge is 0.310 e. The summed E-state index contributed by atoms with van der Waals surface area (Å²) in [6, 6.07) is 2.12. The number of sulfonamides is 1. The molecule has 0 aliphatic heterocycles. The normalized spacial score (nSPS) is 26.6. The lowest BCUT2D eigenvalue weighted by Crippen LogP contribution is -2.37. The summed E-state index contributed by atoms with van der Waals surface area (Å²) in [5.41, 5.74) is 0. The van der Waals surface area contributed by atoms with Crippen LogP contribution in [0.4, 0.5) is 0 Å². The lowest BCUT2D eigenvalue weighted by Gasteiger charge is -2.20. The number of hydrogen-bond donors (Lipinski definition) is 2. The summed E-state index contributed by atoms with van der Waals surface area (Å²) >= 11 is 1.50. The van der Waals surface area contributed by atoms with Gasteiger partial charge >= 0.3 is 0 Å². The van der Waals surface area contributed by atoms with Crippen LogP contribution in [0.15, 0.2) is 16.3 Å². The molecule has 3 unspecified atom stereocenters. The molecule has 0 radical (unpaired) electrons. The molecule has 120 valence electrons. The molecule has 1 saturated carbocycles. The predicted molar refractivity (Wildman–Crippen MR) is 88.0 cm³/mol. The Morgan fingerprint density at radius 2 is 2.05 bits per heavy atom. The van der Waals surface area contributed by atoms with Crippen molar-refractivity contribution in [1.29, 1.82) is 0 Å². The van der Waals surface area contributed by atoms with Gasteiger partial charge in [-0.2, -0.15) is 0 Å². The van der Waals surface area contributed by atoms with Gasteiger partial charge in [0, 0.05) is 23.5 Å². The van der Waals surface area contributed by atoms with Crippen LogP contribution in [-0.4, -0.2) is 20.5 Å². The zero-order valence-electron chi connectivity index (χ0n) is 13.2. The fourth-order valence-electron chi connectivity index (χ4n) is 2.79. The van der Waals surface area contributed by atoms with Gasteiger partial charge in [-0.05, 0) is 36.1 Å². The molecule has 0 spiro atoms. The SMILES string of the molecule is CC(C)NCc1sccc1S(=O)(=O)NC1CCC(C)C1C. The van der Waals surface area contributed by atoms with E-state index in [0.29, 0.717) is 29.3 Å². The number of hydrogen-bond acceptors (Lipinski definition) is 4. The van der Waals surface area contributed by atoms with Crippen LogP contribution in [-0.2, 0) is 16.6 Å². The van der Waals surface area contributed by atoms with E-state index in [2.05, 4.69) is 37.7 Å².